The lowest BCUT2D eigenvalue weighted by atomic mass is 9.66. The highest BCUT2D eigenvalue weighted by Gasteiger charge is 2.40. The lowest BCUT2D eigenvalue weighted by Gasteiger charge is -2.37. The van der Waals surface area contributed by atoms with Crippen LogP contribution in [0.15, 0.2) is 0 Å². The third-order valence-electron chi connectivity index (χ3n) is 3.92. The van der Waals surface area contributed by atoms with Crippen molar-refractivity contribution in [1.29, 1.82) is 0 Å². The molecule has 0 aromatic rings. The predicted octanol–water partition coefficient (Wildman–Crippen LogP) is 5.12. The summed E-state index contributed by atoms with van der Waals surface area (Å²) in [4.78, 5) is 11.7. The molecule has 0 aliphatic rings. The molecule has 0 aliphatic heterocycles. The van der Waals surface area contributed by atoms with Gasteiger partial charge in [-0.05, 0) is 37.0 Å². The monoisotopic (exact) mass is 256 g/mol. The van der Waals surface area contributed by atoms with Crippen molar-refractivity contribution >= 4 is 5.97 Å². The Morgan fingerprint density at radius 3 is 2.11 bits per heavy atom. The van der Waals surface area contributed by atoms with E-state index in [1.54, 1.807) is 0 Å². The van der Waals surface area contributed by atoms with Crippen molar-refractivity contribution in [3.05, 3.63) is 0 Å². The van der Waals surface area contributed by atoms with E-state index >= 15 is 0 Å². The fourth-order valence-electron chi connectivity index (χ4n) is 3.33. The minimum atomic E-state index is -0.602. The Bertz CT molecular complexity index is 256. The van der Waals surface area contributed by atoms with Gasteiger partial charge in [0.05, 0.1) is 5.41 Å². The van der Waals surface area contributed by atoms with Crippen molar-refractivity contribution in [2.75, 3.05) is 0 Å². The number of rotatable bonds is 9. The SMILES string of the molecule is CCCCC(CC)(CC(C)(C)CC(C)C)C(=O)O. The van der Waals surface area contributed by atoms with Crippen LogP contribution in [-0.4, -0.2) is 11.1 Å². The maximum Gasteiger partial charge on any atom is 0.309 e. The van der Waals surface area contributed by atoms with Gasteiger partial charge in [0.2, 0.25) is 0 Å². The van der Waals surface area contributed by atoms with Gasteiger partial charge in [0.1, 0.15) is 0 Å². The molecule has 1 atom stereocenters. The van der Waals surface area contributed by atoms with E-state index in [9.17, 15) is 9.90 Å². The Labute approximate surface area is 113 Å². The summed E-state index contributed by atoms with van der Waals surface area (Å²) < 4.78 is 0. The Morgan fingerprint density at radius 1 is 1.22 bits per heavy atom. The van der Waals surface area contributed by atoms with Crippen molar-refractivity contribution in [2.45, 2.75) is 80.1 Å². The first kappa shape index (κ1) is 17.5. The average Bonchev–Trinajstić information content (AvgIpc) is 2.21. The van der Waals surface area contributed by atoms with Gasteiger partial charge in [-0.15, -0.1) is 0 Å². The number of hydrogen-bond donors (Lipinski definition) is 1. The van der Waals surface area contributed by atoms with E-state index in [0.29, 0.717) is 5.92 Å². The first-order valence-corrected chi connectivity index (χ1v) is 7.42. The largest absolute Gasteiger partial charge is 0.481 e. The van der Waals surface area contributed by atoms with Crippen molar-refractivity contribution < 1.29 is 9.90 Å². The number of carboxylic acids is 1. The Morgan fingerprint density at radius 2 is 1.78 bits per heavy atom. The van der Waals surface area contributed by atoms with Crippen LogP contribution in [0.5, 0.6) is 0 Å². The summed E-state index contributed by atoms with van der Waals surface area (Å²) >= 11 is 0. The molecule has 18 heavy (non-hydrogen) atoms. The molecule has 0 spiro atoms. The highest BCUT2D eigenvalue weighted by molar-refractivity contribution is 5.74. The van der Waals surface area contributed by atoms with Crippen LogP contribution in [0.3, 0.4) is 0 Å². The summed E-state index contributed by atoms with van der Waals surface area (Å²) in [7, 11) is 0. The van der Waals surface area contributed by atoms with E-state index in [2.05, 4.69) is 34.6 Å². The summed E-state index contributed by atoms with van der Waals surface area (Å²) in [6.45, 7) is 13.0. The van der Waals surface area contributed by atoms with Crippen LogP contribution in [0.2, 0.25) is 0 Å². The molecular formula is C16H32O2. The second-order valence-corrected chi connectivity index (χ2v) is 6.98. The van der Waals surface area contributed by atoms with E-state index in [1.807, 2.05) is 6.92 Å². The van der Waals surface area contributed by atoms with Crippen LogP contribution < -0.4 is 0 Å². The zero-order valence-electron chi connectivity index (χ0n) is 13.2. The Kier molecular flexibility index (Phi) is 6.94. The second-order valence-electron chi connectivity index (χ2n) is 6.98. The van der Waals surface area contributed by atoms with Crippen LogP contribution in [0, 0.1) is 16.7 Å². The standard InChI is InChI=1S/C16H32O2/c1-7-9-10-16(8-2,14(17)18)12-15(5,6)11-13(3)4/h13H,7-12H2,1-6H3,(H,17,18). The quantitative estimate of drug-likeness (QED) is 0.621. The van der Waals surface area contributed by atoms with Gasteiger partial charge in [0.15, 0.2) is 0 Å². The molecule has 0 heterocycles. The number of unbranched alkanes of at least 4 members (excludes halogenated alkanes) is 1. The van der Waals surface area contributed by atoms with Crippen molar-refractivity contribution in [3.8, 4) is 0 Å². The summed E-state index contributed by atoms with van der Waals surface area (Å²) in [5, 5.41) is 9.65. The zero-order valence-corrected chi connectivity index (χ0v) is 13.2. The lowest BCUT2D eigenvalue weighted by Crippen LogP contribution is -2.36. The third kappa shape index (κ3) is 5.41. The van der Waals surface area contributed by atoms with E-state index < -0.39 is 11.4 Å². The minimum Gasteiger partial charge on any atom is -0.481 e. The van der Waals surface area contributed by atoms with E-state index in [4.69, 9.17) is 0 Å². The number of hydrogen-bond acceptors (Lipinski definition) is 1. The fourth-order valence-corrected chi connectivity index (χ4v) is 3.33. The first-order valence-electron chi connectivity index (χ1n) is 7.42. The van der Waals surface area contributed by atoms with E-state index in [-0.39, 0.29) is 5.41 Å². The molecule has 0 aromatic carbocycles. The van der Waals surface area contributed by atoms with Gasteiger partial charge in [0, 0.05) is 0 Å². The molecule has 0 rings (SSSR count). The smallest absolute Gasteiger partial charge is 0.309 e. The molecule has 0 saturated heterocycles. The van der Waals surface area contributed by atoms with Crippen LogP contribution in [0.1, 0.15) is 80.1 Å². The van der Waals surface area contributed by atoms with Gasteiger partial charge in [-0.1, -0.05) is 54.4 Å². The van der Waals surface area contributed by atoms with E-state index in [1.165, 1.54) is 0 Å². The van der Waals surface area contributed by atoms with Gasteiger partial charge >= 0.3 is 5.97 Å². The molecule has 0 fully saturated rings. The summed E-state index contributed by atoms with van der Waals surface area (Å²) in [5.74, 6) is 0.0183. The molecule has 0 aromatic heterocycles. The molecule has 2 nitrogen and oxygen atoms in total. The molecule has 0 aliphatic carbocycles. The molecule has 108 valence electrons. The molecule has 0 radical (unpaired) electrons. The van der Waals surface area contributed by atoms with Crippen LogP contribution in [0.4, 0.5) is 0 Å². The van der Waals surface area contributed by atoms with Gasteiger partial charge in [-0.25, -0.2) is 0 Å². The molecular weight excluding hydrogens is 224 g/mol. The van der Waals surface area contributed by atoms with Gasteiger partial charge in [-0.2, -0.15) is 0 Å². The van der Waals surface area contributed by atoms with Crippen molar-refractivity contribution in [2.24, 2.45) is 16.7 Å². The van der Waals surface area contributed by atoms with E-state index in [0.717, 1.165) is 38.5 Å². The highest BCUT2D eigenvalue weighted by atomic mass is 16.4. The maximum atomic E-state index is 11.7. The molecule has 1 unspecified atom stereocenters. The second kappa shape index (κ2) is 7.16. The van der Waals surface area contributed by atoms with Crippen molar-refractivity contribution in [3.63, 3.8) is 0 Å². The van der Waals surface area contributed by atoms with Crippen LogP contribution >= 0.6 is 0 Å². The number of carbonyl (C=O) groups is 1. The van der Waals surface area contributed by atoms with Gasteiger partial charge in [-0.3, -0.25) is 4.79 Å². The van der Waals surface area contributed by atoms with Crippen LogP contribution in [-0.2, 0) is 4.79 Å². The normalized spacial score (nSPS) is 15.7. The van der Waals surface area contributed by atoms with Gasteiger partial charge in [0.25, 0.3) is 0 Å². The van der Waals surface area contributed by atoms with Crippen LogP contribution in [0.25, 0.3) is 0 Å². The average molecular weight is 256 g/mol. The molecule has 2 heteroatoms. The predicted molar refractivity (Wildman–Crippen MR) is 77.7 cm³/mol. The van der Waals surface area contributed by atoms with Crippen molar-refractivity contribution in [1.82, 2.24) is 0 Å². The molecule has 1 N–H and O–H groups in total. The summed E-state index contributed by atoms with van der Waals surface area (Å²) in [6.07, 6.45) is 5.52. The minimum absolute atomic E-state index is 0.107. The molecule has 0 amide bonds. The fraction of sp³-hybridized carbons (Fsp3) is 0.938. The number of aliphatic carboxylic acids is 1. The zero-order chi connectivity index (χ0) is 14.4. The topological polar surface area (TPSA) is 37.3 Å². The Balaban J connectivity index is 4.92. The molecule has 0 saturated carbocycles. The summed E-state index contributed by atoms with van der Waals surface area (Å²) in [5.41, 5.74) is -0.412. The Hall–Kier alpha value is -0.530. The highest BCUT2D eigenvalue weighted by Crippen LogP contribution is 2.43. The molecule has 0 bridgehead atoms. The summed E-state index contributed by atoms with van der Waals surface area (Å²) in [6, 6.07) is 0. The van der Waals surface area contributed by atoms with Gasteiger partial charge < -0.3 is 5.11 Å². The first-order chi connectivity index (χ1) is 8.19. The maximum absolute atomic E-state index is 11.7. The lowest BCUT2D eigenvalue weighted by molar-refractivity contribution is -0.152. The number of carboxylic acid groups (broad SMARTS) is 1. The third-order valence-corrected chi connectivity index (χ3v) is 3.92.